The maximum Gasteiger partial charge on any atom is 0.433 e. The van der Waals surface area contributed by atoms with Crippen LogP contribution in [0.3, 0.4) is 0 Å². The van der Waals surface area contributed by atoms with Gasteiger partial charge in [0.25, 0.3) is 0 Å². The topological polar surface area (TPSA) is 123 Å². The molecule has 0 aromatic carbocycles. The molecular weight excluding hydrogens is 284 g/mol. The summed E-state index contributed by atoms with van der Waals surface area (Å²) in [5, 5.41) is 19.9. The first-order chi connectivity index (χ1) is 9.99. The quantitative estimate of drug-likeness (QED) is 0.640. The molecule has 2 atom stereocenters. The van der Waals surface area contributed by atoms with Gasteiger partial charge in [-0.3, -0.25) is 14.9 Å². The fourth-order valence-corrected chi connectivity index (χ4v) is 2.50. The number of ether oxygens (including phenoxy) is 1. The van der Waals surface area contributed by atoms with Gasteiger partial charge in [-0.1, -0.05) is 0 Å². The lowest BCUT2D eigenvalue weighted by atomic mass is 10.0. The van der Waals surface area contributed by atoms with Gasteiger partial charge in [-0.15, -0.1) is 0 Å². The van der Waals surface area contributed by atoms with Crippen LogP contribution in [-0.2, 0) is 14.3 Å². The minimum absolute atomic E-state index is 0.0500. The van der Waals surface area contributed by atoms with E-state index in [0.29, 0.717) is 0 Å². The second kappa shape index (κ2) is 4.85. The molecule has 1 aliphatic heterocycles. The van der Waals surface area contributed by atoms with Crippen LogP contribution in [0.2, 0.25) is 0 Å². The number of amides is 1. The van der Waals surface area contributed by atoms with E-state index in [2.05, 4.69) is 0 Å². The van der Waals surface area contributed by atoms with E-state index in [1.807, 2.05) is 0 Å². The maximum absolute atomic E-state index is 12.0. The lowest BCUT2D eigenvalue weighted by Gasteiger charge is -2.38. The Bertz CT molecular complexity index is 607. The summed E-state index contributed by atoms with van der Waals surface area (Å²) in [7, 11) is 0. The first-order valence-corrected chi connectivity index (χ1v) is 6.38. The number of nitro groups is 1. The van der Waals surface area contributed by atoms with Crippen molar-refractivity contribution >= 4 is 17.8 Å². The molecule has 0 spiro atoms. The minimum Gasteiger partial charge on any atom is -0.479 e. The zero-order valence-electron chi connectivity index (χ0n) is 10.8. The van der Waals surface area contributed by atoms with E-state index in [1.165, 1.54) is 11.0 Å². The van der Waals surface area contributed by atoms with Crippen molar-refractivity contribution in [1.29, 1.82) is 0 Å². The largest absolute Gasteiger partial charge is 0.479 e. The molecule has 1 saturated carbocycles. The summed E-state index contributed by atoms with van der Waals surface area (Å²) in [5.74, 6) is -2.02. The number of carbonyl (C=O) groups is 2. The Labute approximate surface area is 118 Å². The predicted octanol–water partition coefficient (Wildman–Crippen LogP) is 0.703. The highest BCUT2D eigenvalue weighted by Gasteiger charge is 2.49. The standard InChI is InChI=1S/C12H12N2O7/c15-8-5-20-11(12(16)17)10(13(8)6-1-2-6)7-3-4-9(21-7)14(18)19/h3-4,6,10-11H,1-2,5H2,(H,16,17). The maximum atomic E-state index is 12.0. The van der Waals surface area contributed by atoms with Crippen LogP contribution in [0, 0.1) is 10.1 Å². The number of rotatable bonds is 4. The summed E-state index contributed by atoms with van der Waals surface area (Å²) < 4.78 is 10.2. The average molecular weight is 296 g/mol. The van der Waals surface area contributed by atoms with Crippen LogP contribution >= 0.6 is 0 Å². The highest BCUT2D eigenvalue weighted by molar-refractivity contribution is 5.83. The number of hydrogen-bond acceptors (Lipinski definition) is 6. The number of nitrogens with zero attached hydrogens (tertiary/aromatic N) is 2. The SMILES string of the molecule is O=C(O)C1OCC(=O)N(C2CC2)C1c1ccc([N+](=O)[O-])o1. The second-order valence-electron chi connectivity index (χ2n) is 4.98. The molecule has 1 saturated heterocycles. The lowest BCUT2D eigenvalue weighted by molar-refractivity contribution is -0.402. The van der Waals surface area contributed by atoms with Crippen molar-refractivity contribution in [2.75, 3.05) is 6.61 Å². The van der Waals surface area contributed by atoms with Gasteiger partial charge < -0.3 is 19.2 Å². The molecule has 112 valence electrons. The van der Waals surface area contributed by atoms with Gasteiger partial charge in [-0.25, -0.2) is 4.79 Å². The summed E-state index contributed by atoms with van der Waals surface area (Å²) in [6, 6.07) is 1.41. The molecule has 1 N–H and O–H groups in total. The van der Waals surface area contributed by atoms with Gasteiger partial charge in [-0.2, -0.15) is 0 Å². The summed E-state index contributed by atoms with van der Waals surface area (Å²) in [6.45, 7) is -0.313. The van der Waals surface area contributed by atoms with Crippen molar-refractivity contribution < 1.29 is 28.8 Å². The molecule has 0 radical (unpaired) electrons. The van der Waals surface area contributed by atoms with Gasteiger partial charge in [-0.05, 0) is 18.9 Å². The molecular formula is C12H12N2O7. The number of aliphatic carboxylic acids is 1. The number of carbonyl (C=O) groups excluding carboxylic acids is 1. The van der Waals surface area contributed by atoms with Crippen molar-refractivity contribution in [3.05, 3.63) is 28.0 Å². The fraction of sp³-hybridized carbons (Fsp3) is 0.500. The fourth-order valence-electron chi connectivity index (χ4n) is 2.50. The highest BCUT2D eigenvalue weighted by Crippen LogP contribution is 2.40. The first-order valence-electron chi connectivity index (χ1n) is 6.38. The van der Waals surface area contributed by atoms with Crippen LogP contribution in [0.5, 0.6) is 0 Å². The second-order valence-corrected chi connectivity index (χ2v) is 4.98. The van der Waals surface area contributed by atoms with Gasteiger partial charge in [0.2, 0.25) is 5.91 Å². The Balaban J connectivity index is 1.99. The average Bonchev–Trinajstić information content (AvgIpc) is 3.13. The van der Waals surface area contributed by atoms with Crippen LogP contribution < -0.4 is 0 Å². The van der Waals surface area contributed by atoms with Gasteiger partial charge in [0, 0.05) is 6.04 Å². The van der Waals surface area contributed by atoms with E-state index >= 15 is 0 Å². The minimum atomic E-state index is -1.30. The van der Waals surface area contributed by atoms with Crippen molar-refractivity contribution in [3.63, 3.8) is 0 Å². The Morgan fingerprint density at radius 2 is 2.14 bits per heavy atom. The molecule has 2 fully saturated rings. The van der Waals surface area contributed by atoms with Gasteiger partial charge in [0.1, 0.15) is 23.3 Å². The summed E-state index contributed by atoms with van der Waals surface area (Å²) >= 11 is 0. The zero-order chi connectivity index (χ0) is 15.1. The monoisotopic (exact) mass is 296 g/mol. The normalized spacial score (nSPS) is 25.9. The smallest absolute Gasteiger partial charge is 0.433 e. The third-order valence-electron chi connectivity index (χ3n) is 3.53. The molecule has 21 heavy (non-hydrogen) atoms. The van der Waals surface area contributed by atoms with Crippen LogP contribution in [0.4, 0.5) is 5.88 Å². The van der Waals surface area contributed by atoms with Crippen molar-refractivity contribution in [3.8, 4) is 0 Å². The molecule has 3 rings (SSSR count). The van der Waals surface area contributed by atoms with E-state index in [4.69, 9.17) is 9.15 Å². The number of hydrogen-bond donors (Lipinski definition) is 1. The zero-order valence-corrected chi connectivity index (χ0v) is 10.8. The number of morpholine rings is 1. The third kappa shape index (κ3) is 2.35. The lowest BCUT2D eigenvalue weighted by Crippen LogP contribution is -2.52. The van der Waals surface area contributed by atoms with Gasteiger partial charge in [0.05, 0.1) is 6.07 Å². The van der Waals surface area contributed by atoms with E-state index in [-0.39, 0.29) is 24.3 Å². The number of carboxylic acid groups (broad SMARTS) is 1. The first kappa shape index (κ1) is 13.6. The van der Waals surface area contributed by atoms with Gasteiger partial charge in [0.15, 0.2) is 6.10 Å². The highest BCUT2D eigenvalue weighted by atomic mass is 16.6. The Morgan fingerprint density at radius 1 is 1.43 bits per heavy atom. The molecule has 1 aliphatic carbocycles. The number of carboxylic acids is 1. The van der Waals surface area contributed by atoms with Crippen LogP contribution in [0.1, 0.15) is 24.6 Å². The van der Waals surface area contributed by atoms with E-state index in [0.717, 1.165) is 18.9 Å². The van der Waals surface area contributed by atoms with Crippen molar-refractivity contribution in [2.45, 2.75) is 31.0 Å². The molecule has 9 nitrogen and oxygen atoms in total. The Kier molecular flexibility index (Phi) is 3.13. The molecule has 2 heterocycles. The van der Waals surface area contributed by atoms with E-state index in [9.17, 15) is 24.8 Å². The Morgan fingerprint density at radius 3 is 2.67 bits per heavy atom. The van der Waals surface area contributed by atoms with Crippen LogP contribution in [0.15, 0.2) is 16.5 Å². The van der Waals surface area contributed by atoms with Crippen LogP contribution in [0.25, 0.3) is 0 Å². The molecule has 1 amide bonds. The molecule has 9 heteroatoms. The van der Waals surface area contributed by atoms with Crippen molar-refractivity contribution in [2.24, 2.45) is 0 Å². The van der Waals surface area contributed by atoms with Crippen molar-refractivity contribution in [1.82, 2.24) is 4.90 Å². The molecule has 1 aromatic heterocycles. The predicted molar refractivity (Wildman–Crippen MR) is 65.3 cm³/mol. The summed E-state index contributed by atoms with van der Waals surface area (Å²) in [5.41, 5.74) is 0. The van der Waals surface area contributed by atoms with E-state index in [1.54, 1.807) is 0 Å². The van der Waals surface area contributed by atoms with Crippen LogP contribution in [-0.4, -0.2) is 45.6 Å². The molecule has 0 bridgehead atoms. The Hall–Kier alpha value is -2.42. The van der Waals surface area contributed by atoms with E-state index < -0.39 is 28.9 Å². The third-order valence-corrected chi connectivity index (χ3v) is 3.53. The summed E-state index contributed by atoms with van der Waals surface area (Å²) in [6.07, 6.45) is 0.253. The molecule has 2 aliphatic rings. The summed E-state index contributed by atoms with van der Waals surface area (Å²) in [4.78, 5) is 34.7. The van der Waals surface area contributed by atoms with Gasteiger partial charge >= 0.3 is 11.9 Å². The number of furan rings is 1. The molecule has 1 aromatic rings. The molecule has 2 unspecified atom stereocenters.